The van der Waals surface area contributed by atoms with Crippen molar-refractivity contribution < 1.29 is 22.0 Å². The van der Waals surface area contributed by atoms with Gasteiger partial charge in [0.15, 0.2) is 21.3 Å². The van der Waals surface area contributed by atoms with E-state index in [4.69, 9.17) is 11.6 Å². The number of para-hydroxylation sites is 1. The molecule has 0 aliphatic carbocycles. The Morgan fingerprint density at radius 1 is 1.11 bits per heavy atom. The number of carbonyl (C=O) groups is 1. The van der Waals surface area contributed by atoms with Crippen molar-refractivity contribution in [3.8, 4) is 16.9 Å². The summed E-state index contributed by atoms with van der Waals surface area (Å²) in [6.07, 6.45) is 1.04. The third kappa shape index (κ3) is 5.59. The number of aromatic nitrogens is 3. The van der Waals surface area contributed by atoms with Crippen LogP contribution in [0.2, 0.25) is 5.02 Å². The Hall–Kier alpha value is -4.16. The maximum absolute atomic E-state index is 15.9. The summed E-state index contributed by atoms with van der Waals surface area (Å²) in [6, 6.07) is 12.0. The first kappa shape index (κ1) is 31.3. The average Bonchev–Trinajstić information content (AvgIpc) is 2.96. The molecule has 13 heteroatoms. The number of hydrogen-bond donors (Lipinski definition) is 0. The van der Waals surface area contributed by atoms with Crippen LogP contribution in [0.1, 0.15) is 32.3 Å². The van der Waals surface area contributed by atoms with E-state index in [0.29, 0.717) is 5.56 Å². The number of carbonyl (C=O) groups excluding carboxylic acids is 1. The minimum absolute atomic E-state index is 0.0304. The van der Waals surface area contributed by atoms with Crippen LogP contribution in [0.3, 0.4) is 0 Å². The van der Waals surface area contributed by atoms with Gasteiger partial charge in [-0.3, -0.25) is 4.79 Å². The van der Waals surface area contributed by atoms with Crippen molar-refractivity contribution in [3.05, 3.63) is 87.8 Å². The van der Waals surface area contributed by atoms with Gasteiger partial charge in [-0.05, 0) is 36.6 Å². The molecule has 2 aromatic carbocycles. The number of benzene rings is 2. The third-order valence-electron chi connectivity index (χ3n) is 7.62. The standard InChI is InChI=1S/C31H30ClF2N5O4S/c1-17(2)20-10-8-12-25(44(5,42)43)27(20)39-29-22(15-24(34)26(35-29)21-9-6-7-11-23(21)32)28(36-31(39)41)38-14-13-37(16-18(38)3)30(40)19(4)33/h6-12,15,17-18H,4,13-14,16H2,1-3,5H3/t18-/m0/s1. The quantitative estimate of drug-likeness (QED) is 0.264. The van der Waals surface area contributed by atoms with Gasteiger partial charge in [0.2, 0.25) is 0 Å². The van der Waals surface area contributed by atoms with Crippen molar-refractivity contribution in [1.82, 2.24) is 19.4 Å². The van der Waals surface area contributed by atoms with Gasteiger partial charge in [0.05, 0.1) is 21.0 Å². The topological polar surface area (TPSA) is 105 Å². The first-order valence-electron chi connectivity index (χ1n) is 13.8. The number of fused-ring (bicyclic) bond motifs is 1. The molecule has 1 amide bonds. The Labute approximate surface area is 258 Å². The van der Waals surface area contributed by atoms with E-state index in [-0.39, 0.29) is 69.3 Å². The third-order valence-corrected chi connectivity index (χ3v) is 9.08. The van der Waals surface area contributed by atoms with Crippen LogP contribution in [0.5, 0.6) is 0 Å². The summed E-state index contributed by atoms with van der Waals surface area (Å²) >= 11 is 6.42. The summed E-state index contributed by atoms with van der Waals surface area (Å²) in [7, 11) is -3.86. The van der Waals surface area contributed by atoms with Gasteiger partial charge in [-0.2, -0.15) is 4.98 Å². The Bertz CT molecular complexity index is 2000. The fraction of sp³-hybridized carbons (Fsp3) is 0.290. The monoisotopic (exact) mass is 641 g/mol. The molecule has 0 unspecified atom stereocenters. The van der Waals surface area contributed by atoms with Gasteiger partial charge in [-0.15, -0.1) is 0 Å². The molecule has 0 radical (unpaired) electrons. The van der Waals surface area contributed by atoms with Crippen LogP contribution in [0.15, 0.2) is 70.6 Å². The summed E-state index contributed by atoms with van der Waals surface area (Å²) in [5, 5.41) is 0.363. The zero-order chi connectivity index (χ0) is 32.1. The van der Waals surface area contributed by atoms with E-state index in [2.05, 4.69) is 16.5 Å². The second-order valence-electron chi connectivity index (χ2n) is 11.0. The van der Waals surface area contributed by atoms with Crippen LogP contribution in [0.25, 0.3) is 28.0 Å². The van der Waals surface area contributed by atoms with Crippen LogP contribution < -0.4 is 10.6 Å². The van der Waals surface area contributed by atoms with E-state index in [1.807, 2.05) is 13.8 Å². The molecule has 0 saturated carbocycles. The summed E-state index contributed by atoms with van der Waals surface area (Å²) < 4.78 is 56.7. The molecular formula is C31H30ClF2N5O4S. The lowest BCUT2D eigenvalue weighted by atomic mass is 10.0. The molecule has 230 valence electrons. The highest BCUT2D eigenvalue weighted by Crippen LogP contribution is 2.36. The van der Waals surface area contributed by atoms with Gasteiger partial charge in [-0.25, -0.2) is 31.5 Å². The van der Waals surface area contributed by atoms with Crippen LogP contribution in [0, 0.1) is 5.82 Å². The number of sulfone groups is 1. The Morgan fingerprint density at radius 2 is 1.82 bits per heavy atom. The van der Waals surface area contributed by atoms with Crippen LogP contribution >= 0.6 is 11.6 Å². The SMILES string of the molecule is C=C(F)C(=O)N1CCN(c2nc(=O)n(-c3c(C(C)C)cccc3S(C)(=O)=O)c3nc(-c4ccccc4Cl)c(F)cc23)[C@@H](C)C1. The number of amides is 1. The Balaban J connectivity index is 1.85. The summed E-state index contributed by atoms with van der Waals surface area (Å²) in [6.45, 7) is 8.90. The van der Waals surface area contributed by atoms with Crippen molar-refractivity contribution in [1.29, 1.82) is 0 Å². The summed E-state index contributed by atoms with van der Waals surface area (Å²) in [4.78, 5) is 38.2. The van der Waals surface area contributed by atoms with E-state index in [0.717, 1.165) is 10.8 Å². The van der Waals surface area contributed by atoms with Gasteiger partial charge < -0.3 is 9.80 Å². The molecule has 5 rings (SSSR count). The largest absolute Gasteiger partial charge is 0.355 e. The number of nitrogens with zero attached hydrogens (tertiary/aromatic N) is 5. The molecule has 3 heterocycles. The van der Waals surface area contributed by atoms with Crippen molar-refractivity contribution in [2.45, 2.75) is 37.6 Å². The molecule has 0 bridgehead atoms. The molecule has 1 fully saturated rings. The molecule has 4 aromatic rings. The number of pyridine rings is 1. The Kier molecular flexibility index (Phi) is 8.34. The van der Waals surface area contributed by atoms with Crippen molar-refractivity contribution in [2.75, 3.05) is 30.8 Å². The van der Waals surface area contributed by atoms with Crippen LogP contribution in [-0.4, -0.2) is 65.7 Å². The first-order valence-corrected chi connectivity index (χ1v) is 16.1. The van der Waals surface area contributed by atoms with Crippen LogP contribution in [-0.2, 0) is 14.6 Å². The number of rotatable bonds is 6. The molecular weight excluding hydrogens is 612 g/mol. The number of halogens is 3. The maximum atomic E-state index is 15.9. The van der Waals surface area contributed by atoms with E-state index >= 15 is 4.39 Å². The molecule has 44 heavy (non-hydrogen) atoms. The maximum Gasteiger partial charge on any atom is 0.355 e. The summed E-state index contributed by atoms with van der Waals surface area (Å²) in [5.74, 6) is -2.77. The van der Waals surface area contributed by atoms with Gasteiger partial charge in [0, 0.05) is 37.5 Å². The highest BCUT2D eigenvalue weighted by molar-refractivity contribution is 7.90. The fourth-order valence-electron chi connectivity index (χ4n) is 5.54. The first-order chi connectivity index (χ1) is 20.7. The highest BCUT2D eigenvalue weighted by Gasteiger charge is 2.32. The Morgan fingerprint density at radius 3 is 2.43 bits per heavy atom. The van der Waals surface area contributed by atoms with Gasteiger partial charge in [0.25, 0.3) is 5.91 Å². The van der Waals surface area contributed by atoms with Crippen LogP contribution in [0.4, 0.5) is 14.6 Å². The van der Waals surface area contributed by atoms with E-state index in [1.165, 1.54) is 17.0 Å². The lowest BCUT2D eigenvalue weighted by Crippen LogP contribution is -2.54. The average molecular weight is 642 g/mol. The minimum Gasteiger partial charge on any atom is -0.350 e. The molecule has 1 aliphatic rings. The number of hydrogen-bond acceptors (Lipinski definition) is 7. The second-order valence-corrected chi connectivity index (χ2v) is 13.4. The zero-order valence-electron chi connectivity index (χ0n) is 24.5. The van der Waals surface area contributed by atoms with E-state index in [9.17, 15) is 22.4 Å². The van der Waals surface area contributed by atoms with Gasteiger partial charge in [0.1, 0.15) is 17.3 Å². The highest BCUT2D eigenvalue weighted by atomic mass is 35.5. The molecule has 1 atom stereocenters. The smallest absolute Gasteiger partial charge is 0.350 e. The number of anilines is 1. The van der Waals surface area contributed by atoms with Gasteiger partial charge in [-0.1, -0.05) is 62.4 Å². The summed E-state index contributed by atoms with van der Waals surface area (Å²) in [5.41, 5.74) is -0.106. The van der Waals surface area contributed by atoms with Gasteiger partial charge >= 0.3 is 5.69 Å². The lowest BCUT2D eigenvalue weighted by molar-refractivity contribution is -0.129. The molecule has 0 spiro atoms. The van der Waals surface area contributed by atoms with Crippen molar-refractivity contribution >= 4 is 44.2 Å². The van der Waals surface area contributed by atoms with E-state index < -0.39 is 39.1 Å². The minimum atomic E-state index is -3.86. The van der Waals surface area contributed by atoms with E-state index in [1.54, 1.807) is 48.2 Å². The molecule has 9 nitrogen and oxygen atoms in total. The second kappa shape index (κ2) is 11.7. The lowest BCUT2D eigenvalue weighted by Gasteiger charge is -2.40. The molecule has 2 aromatic heterocycles. The number of piperazine rings is 1. The fourth-order valence-corrected chi connectivity index (χ4v) is 6.65. The molecule has 0 N–H and O–H groups in total. The van der Waals surface area contributed by atoms with Crippen molar-refractivity contribution in [3.63, 3.8) is 0 Å². The zero-order valence-corrected chi connectivity index (χ0v) is 26.1. The van der Waals surface area contributed by atoms with Crippen molar-refractivity contribution in [2.24, 2.45) is 0 Å². The predicted octanol–water partition coefficient (Wildman–Crippen LogP) is 5.29. The molecule has 1 aliphatic heterocycles. The molecule has 1 saturated heterocycles. The normalized spacial score (nSPS) is 15.7. The predicted molar refractivity (Wildman–Crippen MR) is 166 cm³/mol.